The molecule has 0 aliphatic carbocycles. The van der Waals surface area contributed by atoms with Crippen LogP contribution in [0.1, 0.15) is 36.8 Å². The maximum Gasteiger partial charge on any atom is 0.261 e. The van der Waals surface area contributed by atoms with E-state index in [1.165, 1.54) is 0 Å². The van der Waals surface area contributed by atoms with E-state index in [9.17, 15) is 9.59 Å². The Labute approximate surface area is 188 Å². The van der Waals surface area contributed by atoms with Gasteiger partial charge in [-0.05, 0) is 37.1 Å². The summed E-state index contributed by atoms with van der Waals surface area (Å²) in [6, 6.07) is 26.6. The van der Waals surface area contributed by atoms with E-state index < -0.39 is 0 Å². The van der Waals surface area contributed by atoms with Gasteiger partial charge in [0, 0.05) is 13.1 Å². The van der Waals surface area contributed by atoms with E-state index in [-0.39, 0.29) is 17.5 Å². The smallest absolute Gasteiger partial charge is 0.261 e. The van der Waals surface area contributed by atoms with Crippen molar-refractivity contribution < 1.29 is 4.79 Å². The molecule has 1 unspecified atom stereocenters. The Bertz CT molecular complexity index is 1270. The fourth-order valence-corrected chi connectivity index (χ4v) is 4.04. The number of aromatic nitrogens is 2. The molecule has 3 aromatic carbocycles. The molecule has 162 valence electrons. The second-order valence-corrected chi connectivity index (χ2v) is 7.88. The monoisotopic (exact) mass is 425 g/mol. The molecule has 32 heavy (non-hydrogen) atoms. The normalized spacial score (nSPS) is 11.9. The van der Waals surface area contributed by atoms with Crippen LogP contribution in [0.4, 0.5) is 0 Å². The van der Waals surface area contributed by atoms with Crippen LogP contribution < -0.4 is 5.56 Å². The number of nitrogens with zero attached hydrogens (tertiary/aromatic N) is 3. The number of amides is 1. The van der Waals surface area contributed by atoms with Gasteiger partial charge in [0.15, 0.2) is 0 Å². The molecule has 1 aromatic heterocycles. The van der Waals surface area contributed by atoms with E-state index in [4.69, 9.17) is 4.98 Å². The summed E-state index contributed by atoms with van der Waals surface area (Å²) in [5.41, 5.74) is 2.57. The topological polar surface area (TPSA) is 55.2 Å². The molecular formula is C27H27N3O2. The van der Waals surface area contributed by atoms with Crippen molar-refractivity contribution in [2.24, 2.45) is 0 Å². The van der Waals surface area contributed by atoms with Gasteiger partial charge in [-0.25, -0.2) is 4.98 Å². The Morgan fingerprint density at radius 3 is 2.16 bits per heavy atom. The lowest BCUT2D eigenvalue weighted by Gasteiger charge is -2.31. The molecule has 0 aliphatic heterocycles. The van der Waals surface area contributed by atoms with Gasteiger partial charge in [-0.1, -0.05) is 72.8 Å². The van der Waals surface area contributed by atoms with Gasteiger partial charge >= 0.3 is 0 Å². The SMILES string of the molecule is CCn1c(C(C)N(Cc2ccccc2)C(=O)Cc2ccccc2)nc2ccccc2c1=O. The Morgan fingerprint density at radius 1 is 0.906 bits per heavy atom. The van der Waals surface area contributed by atoms with Crippen LogP contribution in [0.3, 0.4) is 0 Å². The fourth-order valence-electron chi connectivity index (χ4n) is 4.04. The van der Waals surface area contributed by atoms with Crippen molar-refractivity contribution in [3.63, 3.8) is 0 Å². The molecule has 4 rings (SSSR count). The number of hydrogen-bond acceptors (Lipinski definition) is 3. The second-order valence-electron chi connectivity index (χ2n) is 7.88. The highest BCUT2D eigenvalue weighted by Crippen LogP contribution is 2.23. The maximum absolute atomic E-state index is 13.5. The molecule has 0 aliphatic rings. The summed E-state index contributed by atoms with van der Waals surface area (Å²) in [5.74, 6) is 0.603. The lowest BCUT2D eigenvalue weighted by atomic mass is 10.1. The predicted molar refractivity (Wildman–Crippen MR) is 127 cm³/mol. The van der Waals surface area contributed by atoms with Gasteiger partial charge in [0.1, 0.15) is 5.82 Å². The molecule has 1 amide bonds. The van der Waals surface area contributed by atoms with Gasteiger partial charge in [-0.2, -0.15) is 0 Å². The third kappa shape index (κ3) is 4.47. The van der Waals surface area contributed by atoms with Gasteiger partial charge in [-0.3, -0.25) is 14.2 Å². The minimum absolute atomic E-state index is 0.00221. The summed E-state index contributed by atoms with van der Waals surface area (Å²) in [5, 5.41) is 0.593. The third-order valence-corrected chi connectivity index (χ3v) is 5.76. The quantitative estimate of drug-likeness (QED) is 0.429. The minimum atomic E-state index is -0.372. The number of carbonyl (C=O) groups is 1. The first-order valence-electron chi connectivity index (χ1n) is 10.9. The second kappa shape index (κ2) is 9.60. The van der Waals surface area contributed by atoms with Crippen molar-refractivity contribution in [2.45, 2.75) is 39.4 Å². The number of fused-ring (bicyclic) bond motifs is 1. The molecular weight excluding hydrogens is 398 g/mol. The molecule has 1 atom stereocenters. The summed E-state index contributed by atoms with van der Waals surface area (Å²) >= 11 is 0. The third-order valence-electron chi connectivity index (χ3n) is 5.76. The average Bonchev–Trinajstić information content (AvgIpc) is 2.83. The molecule has 1 heterocycles. The molecule has 0 saturated heterocycles. The Hall–Kier alpha value is -3.73. The highest BCUT2D eigenvalue weighted by atomic mass is 16.2. The number of rotatable bonds is 7. The molecule has 0 fully saturated rings. The molecule has 5 heteroatoms. The van der Waals surface area contributed by atoms with Crippen LogP contribution in [0.25, 0.3) is 10.9 Å². The van der Waals surface area contributed by atoms with E-state index >= 15 is 0 Å². The molecule has 0 saturated carbocycles. The van der Waals surface area contributed by atoms with Crippen molar-refractivity contribution in [3.05, 3.63) is 112 Å². The van der Waals surface area contributed by atoms with Gasteiger partial charge in [-0.15, -0.1) is 0 Å². The number of benzene rings is 3. The first-order chi connectivity index (χ1) is 15.6. The Balaban J connectivity index is 1.76. The number of hydrogen-bond donors (Lipinski definition) is 0. The lowest BCUT2D eigenvalue weighted by Crippen LogP contribution is -2.38. The van der Waals surface area contributed by atoms with Crippen LogP contribution in [-0.2, 0) is 24.3 Å². The largest absolute Gasteiger partial charge is 0.328 e. The summed E-state index contributed by atoms with van der Waals surface area (Å²) in [7, 11) is 0. The summed E-state index contributed by atoms with van der Waals surface area (Å²) in [6.07, 6.45) is 0.294. The van der Waals surface area contributed by atoms with Crippen LogP contribution in [-0.4, -0.2) is 20.4 Å². The molecule has 0 spiro atoms. The van der Waals surface area contributed by atoms with Crippen molar-refractivity contribution in [1.82, 2.24) is 14.5 Å². The van der Waals surface area contributed by atoms with E-state index in [2.05, 4.69) is 0 Å². The highest BCUT2D eigenvalue weighted by Gasteiger charge is 2.26. The fraction of sp³-hybridized carbons (Fsp3) is 0.222. The summed E-state index contributed by atoms with van der Waals surface area (Å²) in [6.45, 7) is 4.82. The summed E-state index contributed by atoms with van der Waals surface area (Å²) < 4.78 is 1.68. The Morgan fingerprint density at radius 2 is 1.50 bits per heavy atom. The minimum Gasteiger partial charge on any atom is -0.328 e. The van der Waals surface area contributed by atoms with Crippen LogP contribution in [0.2, 0.25) is 0 Å². The van der Waals surface area contributed by atoms with Gasteiger partial charge in [0.25, 0.3) is 5.56 Å². The van der Waals surface area contributed by atoms with Crippen LogP contribution >= 0.6 is 0 Å². The first-order valence-corrected chi connectivity index (χ1v) is 10.9. The zero-order chi connectivity index (χ0) is 22.5. The van der Waals surface area contributed by atoms with E-state index in [1.807, 2.05) is 97.6 Å². The van der Waals surface area contributed by atoms with Gasteiger partial charge in [0.05, 0.1) is 23.4 Å². The molecule has 0 N–H and O–H groups in total. The van der Waals surface area contributed by atoms with Crippen molar-refractivity contribution in [2.75, 3.05) is 0 Å². The molecule has 4 aromatic rings. The van der Waals surface area contributed by atoms with Crippen LogP contribution in [0.15, 0.2) is 89.7 Å². The van der Waals surface area contributed by atoms with Crippen LogP contribution in [0, 0.1) is 0 Å². The van der Waals surface area contributed by atoms with Crippen molar-refractivity contribution in [3.8, 4) is 0 Å². The maximum atomic E-state index is 13.5. The summed E-state index contributed by atoms with van der Waals surface area (Å²) in [4.78, 5) is 33.3. The van der Waals surface area contributed by atoms with Crippen LogP contribution in [0.5, 0.6) is 0 Å². The van der Waals surface area contributed by atoms with Crippen molar-refractivity contribution in [1.29, 1.82) is 0 Å². The highest BCUT2D eigenvalue weighted by molar-refractivity contribution is 5.80. The van der Waals surface area contributed by atoms with Crippen molar-refractivity contribution >= 4 is 16.8 Å². The molecule has 0 radical (unpaired) electrons. The van der Waals surface area contributed by atoms with E-state index in [1.54, 1.807) is 10.6 Å². The average molecular weight is 426 g/mol. The zero-order valence-electron chi connectivity index (χ0n) is 18.4. The predicted octanol–water partition coefficient (Wildman–Crippen LogP) is 4.75. The molecule has 0 bridgehead atoms. The number of para-hydroxylation sites is 1. The van der Waals surface area contributed by atoms with E-state index in [0.29, 0.717) is 36.2 Å². The number of carbonyl (C=O) groups excluding carboxylic acids is 1. The van der Waals surface area contributed by atoms with E-state index in [0.717, 1.165) is 11.1 Å². The molecule has 5 nitrogen and oxygen atoms in total. The first kappa shape index (κ1) is 21.5. The van der Waals surface area contributed by atoms with Gasteiger partial charge in [0.2, 0.25) is 5.91 Å². The standard InChI is InChI=1S/C27H27N3O2/c1-3-29-26(28-24-17-11-10-16-23(24)27(29)32)20(2)30(19-22-14-8-5-9-15-22)25(31)18-21-12-6-4-7-13-21/h4-17,20H,3,18-19H2,1-2H3. The lowest BCUT2D eigenvalue weighted by molar-refractivity contribution is -0.133. The Kier molecular flexibility index (Phi) is 6.45. The zero-order valence-corrected chi connectivity index (χ0v) is 18.4. The van der Waals surface area contributed by atoms with Gasteiger partial charge < -0.3 is 4.90 Å².